The van der Waals surface area contributed by atoms with Gasteiger partial charge in [-0.2, -0.15) is 0 Å². The quantitative estimate of drug-likeness (QED) is 0.745. The van der Waals surface area contributed by atoms with E-state index in [0.29, 0.717) is 5.52 Å². The minimum absolute atomic E-state index is 0.0787. The Hall–Kier alpha value is -1.47. The van der Waals surface area contributed by atoms with Gasteiger partial charge in [-0.05, 0) is 12.1 Å². The largest absolute Gasteiger partial charge is 0.335 e. The van der Waals surface area contributed by atoms with E-state index < -0.39 is 10.0 Å². The summed E-state index contributed by atoms with van der Waals surface area (Å²) in [5.41, 5.74) is 0.615. The van der Waals surface area contributed by atoms with Gasteiger partial charge >= 0.3 is 0 Å². The van der Waals surface area contributed by atoms with Gasteiger partial charge in [0.05, 0.1) is 0 Å². The highest BCUT2D eigenvalue weighted by molar-refractivity contribution is 7.89. The normalized spacial score (nSPS) is 12.5. The maximum Gasteiger partial charge on any atom is 0.246 e. The van der Waals surface area contributed by atoms with Crippen LogP contribution in [-0.2, 0) is 10.0 Å². The Bertz CT molecular complexity index is 588. The lowest BCUT2D eigenvalue weighted by Crippen LogP contribution is -2.22. The van der Waals surface area contributed by atoms with E-state index in [9.17, 15) is 8.42 Å². The van der Waals surface area contributed by atoms with Crippen molar-refractivity contribution in [2.75, 3.05) is 14.1 Å². The van der Waals surface area contributed by atoms with Crippen molar-refractivity contribution in [3.63, 3.8) is 0 Å². The van der Waals surface area contributed by atoms with Gasteiger partial charge in [-0.15, -0.1) is 5.10 Å². The van der Waals surface area contributed by atoms with Gasteiger partial charge in [0, 0.05) is 19.4 Å². The smallest absolute Gasteiger partial charge is 0.246 e. The van der Waals surface area contributed by atoms with Crippen LogP contribution in [0, 0.1) is 0 Å². The second-order valence-corrected chi connectivity index (χ2v) is 5.29. The van der Waals surface area contributed by atoms with E-state index in [-0.39, 0.29) is 10.5 Å². The van der Waals surface area contributed by atoms with E-state index in [4.69, 9.17) is 4.52 Å². The Kier molecular flexibility index (Phi) is 2.20. The summed E-state index contributed by atoms with van der Waals surface area (Å²) in [6.45, 7) is 0. The fourth-order valence-corrected chi connectivity index (χ4v) is 2.20. The number of nitrogens with zero attached hydrogens (tertiary/aromatic N) is 3. The molecule has 0 spiro atoms. The summed E-state index contributed by atoms with van der Waals surface area (Å²) in [5, 5.41) is 6.98. The van der Waals surface area contributed by atoms with Crippen LogP contribution in [0.1, 0.15) is 0 Å². The number of rotatable bonds is 2. The summed E-state index contributed by atoms with van der Waals surface area (Å²) in [6.07, 6.45) is 0. The molecule has 7 heteroatoms. The van der Waals surface area contributed by atoms with Gasteiger partial charge in [0.1, 0.15) is 10.4 Å². The lowest BCUT2D eigenvalue weighted by atomic mass is 10.3. The van der Waals surface area contributed by atoms with E-state index in [1.807, 2.05) is 0 Å². The van der Waals surface area contributed by atoms with Crippen LogP contribution in [0.3, 0.4) is 0 Å². The first kappa shape index (κ1) is 10.1. The van der Waals surface area contributed by atoms with Gasteiger partial charge in [-0.1, -0.05) is 6.07 Å². The summed E-state index contributed by atoms with van der Waals surface area (Å²) in [4.78, 5) is 0.0787. The second-order valence-electron chi connectivity index (χ2n) is 3.16. The zero-order valence-electron chi connectivity index (χ0n) is 8.21. The van der Waals surface area contributed by atoms with Gasteiger partial charge in [-0.3, -0.25) is 0 Å². The Morgan fingerprint density at radius 2 is 2.07 bits per heavy atom. The zero-order chi connectivity index (χ0) is 11.1. The standard InChI is InChI=1S/C8H9N3O3S/c1-11(2)15(12,13)7-5-3-4-6-8(7)14-10-9-6/h3-5H,1-2H3. The van der Waals surface area contributed by atoms with Crippen molar-refractivity contribution < 1.29 is 12.9 Å². The number of para-hydroxylation sites is 1. The van der Waals surface area contributed by atoms with Crippen LogP contribution >= 0.6 is 0 Å². The summed E-state index contributed by atoms with van der Waals surface area (Å²) in [5.74, 6) is 0. The number of fused-ring (bicyclic) bond motifs is 1. The first-order chi connectivity index (χ1) is 7.03. The highest BCUT2D eigenvalue weighted by atomic mass is 32.2. The first-order valence-electron chi connectivity index (χ1n) is 4.17. The summed E-state index contributed by atoms with van der Waals surface area (Å²) < 4.78 is 29.6. The highest BCUT2D eigenvalue weighted by Gasteiger charge is 2.22. The molecule has 0 aliphatic rings. The van der Waals surface area contributed by atoms with E-state index in [1.165, 1.54) is 20.2 Å². The zero-order valence-corrected chi connectivity index (χ0v) is 9.02. The van der Waals surface area contributed by atoms with E-state index in [2.05, 4.69) is 10.4 Å². The van der Waals surface area contributed by atoms with Crippen molar-refractivity contribution in [3.05, 3.63) is 18.2 Å². The molecule has 1 aromatic carbocycles. The average molecular weight is 227 g/mol. The molecule has 2 aromatic rings. The van der Waals surface area contributed by atoms with Crippen LogP contribution in [0.25, 0.3) is 11.1 Å². The first-order valence-corrected chi connectivity index (χ1v) is 5.61. The summed E-state index contributed by atoms with van der Waals surface area (Å²) >= 11 is 0. The molecule has 15 heavy (non-hydrogen) atoms. The molecular formula is C8H9N3O3S. The molecule has 0 bridgehead atoms. The molecule has 0 saturated carbocycles. The van der Waals surface area contributed by atoms with Crippen molar-refractivity contribution in [1.29, 1.82) is 0 Å². The highest BCUT2D eigenvalue weighted by Crippen LogP contribution is 2.22. The number of benzene rings is 1. The lowest BCUT2D eigenvalue weighted by molar-refractivity contribution is 0.418. The number of hydrogen-bond donors (Lipinski definition) is 0. The minimum atomic E-state index is -3.51. The molecule has 0 atom stereocenters. The van der Waals surface area contributed by atoms with E-state index >= 15 is 0 Å². The molecule has 1 heterocycles. The topological polar surface area (TPSA) is 76.3 Å². The van der Waals surface area contributed by atoms with Crippen LogP contribution < -0.4 is 0 Å². The molecule has 0 aliphatic heterocycles. The number of aromatic nitrogens is 2. The molecule has 0 fully saturated rings. The van der Waals surface area contributed by atoms with E-state index in [0.717, 1.165) is 4.31 Å². The molecule has 0 unspecified atom stereocenters. The van der Waals surface area contributed by atoms with Crippen LogP contribution in [0.2, 0.25) is 0 Å². The SMILES string of the molecule is CN(C)S(=O)(=O)c1cccc2nnoc12. The fourth-order valence-electron chi connectivity index (χ4n) is 1.18. The summed E-state index contributed by atoms with van der Waals surface area (Å²) in [6, 6.07) is 4.70. The molecule has 0 saturated heterocycles. The molecule has 0 N–H and O–H groups in total. The third-order valence-corrected chi connectivity index (χ3v) is 3.84. The molecule has 6 nitrogen and oxygen atoms in total. The average Bonchev–Trinajstić information content (AvgIpc) is 2.64. The Balaban J connectivity index is 2.77. The molecule has 80 valence electrons. The Morgan fingerprint density at radius 3 is 2.73 bits per heavy atom. The fraction of sp³-hybridized carbons (Fsp3) is 0.250. The Morgan fingerprint density at radius 1 is 1.33 bits per heavy atom. The maximum atomic E-state index is 11.9. The second kappa shape index (κ2) is 3.28. The molecule has 1 aromatic heterocycles. The Labute approximate surface area is 86.5 Å². The van der Waals surface area contributed by atoms with Crippen molar-refractivity contribution in [2.45, 2.75) is 4.90 Å². The predicted molar refractivity (Wildman–Crippen MR) is 52.7 cm³/mol. The van der Waals surface area contributed by atoms with Crippen LogP contribution in [-0.4, -0.2) is 37.2 Å². The van der Waals surface area contributed by atoms with Crippen LogP contribution in [0.15, 0.2) is 27.6 Å². The van der Waals surface area contributed by atoms with Crippen molar-refractivity contribution in [2.24, 2.45) is 0 Å². The molecule has 0 amide bonds. The minimum Gasteiger partial charge on any atom is -0.335 e. The van der Waals surface area contributed by atoms with Gasteiger partial charge in [0.15, 0.2) is 0 Å². The van der Waals surface area contributed by atoms with Crippen molar-refractivity contribution >= 4 is 21.1 Å². The van der Waals surface area contributed by atoms with Gasteiger partial charge in [0.2, 0.25) is 15.6 Å². The third-order valence-electron chi connectivity index (χ3n) is 2.00. The van der Waals surface area contributed by atoms with Crippen LogP contribution in [0.5, 0.6) is 0 Å². The molecule has 0 aliphatic carbocycles. The predicted octanol–water partition coefficient (Wildman–Crippen LogP) is 0.473. The van der Waals surface area contributed by atoms with Gasteiger partial charge in [-0.25, -0.2) is 12.7 Å². The molecular weight excluding hydrogens is 218 g/mol. The van der Waals surface area contributed by atoms with Crippen LogP contribution in [0.4, 0.5) is 0 Å². The number of sulfonamides is 1. The lowest BCUT2D eigenvalue weighted by Gasteiger charge is -2.10. The number of hydrogen-bond acceptors (Lipinski definition) is 5. The monoisotopic (exact) mass is 227 g/mol. The molecule has 2 rings (SSSR count). The van der Waals surface area contributed by atoms with Gasteiger partial charge < -0.3 is 4.52 Å². The van der Waals surface area contributed by atoms with E-state index in [1.54, 1.807) is 12.1 Å². The van der Waals surface area contributed by atoms with Crippen molar-refractivity contribution in [3.8, 4) is 0 Å². The van der Waals surface area contributed by atoms with Gasteiger partial charge in [0.25, 0.3) is 0 Å². The maximum absolute atomic E-state index is 11.9. The summed E-state index contributed by atoms with van der Waals surface area (Å²) in [7, 11) is -0.601. The molecule has 0 radical (unpaired) electrons. The third kappa shape index (κ3) is 1.49. The van der Waals surface area contributed by atoms with Crippen molar-refractivity contribution in [1.82, 2.24) is 14.7 Å².